The lowest BCUT2D eigenvalue weighted by Gasteiger charge is -2.18. The molecule has 0 bridgehead atoms. The Kier molecular flexibility index (Phi) is 5.44. The SMILES string of the molecule is CC(C)[C@H](NC(=O)c1cccc(F)c1)c1nc(-c2cccc([N+](=O)[O-])c2)no1. The van der Waals surface area contributed by atoms with Crippen molar-refractivity contribution in [2.45, 2.75) is 19.9 Å². The van der Waals surface area contributed by atoms with E-state index >= 15 is 0 Å². The van der Waals surface area contributed by atoms with Crippen LogP contribution in [0.1, 0.15) is 36.1 Å². The predicted octanol–water partition coefficient (Wildman–Crippen LogP) is 3.91. The standard InChI is InChI=1S/C19H17FN4O4/c1-11(2)16(21-18(25)13-6-3-7-14(20)9-13)19-22-17(23-28-19)12-5-4-8-15(10-12)24(26)27/h3-11,16H,1-2H3,(H,21,25)/t16-/m0/s1. The third-order valence-electron chi connectivity index (χ3n) is 4.06. The van der Waals surface area contributed by atoms with Gasteiger partial charge in [0.15, 0.2) is 0 Å². The smallest absolute Gasteiger partial charge is 0.270 e. The molecule has 0 fully saturated rings. The first-order chi connectivity index (χ1) is 13.3. The molecule has 2 aromatic carbocycles. The summed E-state index contributed by atoms with van der Waals surface area (Å²) in [4.78, 5) is 27.1. The van der Waals surface area contributed by atoms with Gasteiger partial charge in [-0.1, -0.05) is 37.2 Å². The molecular formula is C19H17FN4O4. The molecule has 0 spiro atoms. The maximum Gasteiger partial charge on any atom is 0.270 e. The molecule has 0 radical (unpaired) electrons. The number of amides is 1. The van der Waals surface area contributed by atoms with E-state index in [4.69, 9.17) is 4.52 Å². The molecule has 3 aromatic rings. The minimum atomic E-state index is -0.615. The maximum absolute atomic E-state index is 13.4. The Morgan fingerprint density at radius 1 is 1.21 bits per heavy atom. The minimum Gasteiger partial charge on any atom is -0.340 e. The summed E-state index contributed by atoms with van der Waals surface area (Å²) in [6.45, 7) is 3.71. The largest absolute Gasteiger partial charge is 0.340 e. The average Bonchev–Trinajstić information content (AvgIpc) is 3.15. The number of rotatable bonds is 6. The molecule has 0 saturated carbocycles. The summed E-state index contributed by atoms with van der Waals surface area (Å²) in [5, 5.41) is 17.6. The van der Waals surface area contributed by atoms with E-state index < -0.39 is 22.7 Å². The van der Waals surface area contributed by atoms with Gasteiger partial charge in [-0.3, -0.25) is 14.9 Å². The summed E-state index contributed by atoms with van der Waals surface area (Å²) in [5.74, 6) is -0.769. The number of non-ortho nitro benzene ring substituents is 1. The van der Waals surface area contributed by atoms with Crippen LogP contribution in [0.5, 0.6) is 0 Å². The van der Waals surface area contributed by atoms with Crippen LogP contribution >= 0.6 is 0 Å². The normalized spacial score (nSPS) is 12.0. The first kappa shape index (κ1) is 19.2. The number of benzene rings is 2. The van der Waals surface area contributed by atoms with Crippen molar-refractivity contribution in [1.82, 2.24) is 15.5 Å². The molecule has 0 aliphatic rings. The van der Waals surface area contributed by atoms with E-state index in [-0.39, 0.29) is 28.9 Å². The molecule has 0 aliphatic heterocycles. The van der Waals surface area contributed by atoms with E-state index in [0.717, 1.165) is 6.07 Å². The molecule has 3 rings (SSSR count). The lowest BCUT2D eigenvalue weighted by molar-refractivity contribution is -0.384. The Hall–Kier alpha value is -3.62. The lowest BCUT2D eigenvalue weighted by atomic mass is 10.0. The summed E-state index contributed by atoms with van der Waals surface area (Å²) in [6.07, 6.45) is 0. The zero-order chi connectivity index (χ0) is 20.3. The monoisotopic (exact) mass is 384 g/mol. The van der Waals surface area contributed by atoms with Crippen LogP contribution in [0.3, 0.4) is 0 Å². The second kappa shape index (κ2) is 7.95. The molecule has 8 nitrogen and oxygen atoms in total. The van der Waals surface area contributed by atoms with Gasteiger partial charge in [-0.25, -0.2) is 4.39 Å². The zero-order valence-electron chi connectivity index (χ0n) is 15.1. The van der Waals surface area contributed by atoms with E-state index in [2.05, 4.69) is 15.5 Å². The Morgan fingerprint density at radius 3 is 2.64 bits per heavy atom. The third kappa shape index (κ3) is 4.20. The van der Waals surface area contributed by atoms with Crippen LogP contribution in [-0.2, 0) is 0 Å². The molecule has 28 heavy (non-hydrogen) atoms. The highest BCUT2D eigenvalue weighted by atomic mass is 19.1. The molecular weight excluding hydrogens is 367 g/mol. The number of hydrogen-bond acceptors (Lipinski definition) is 6. The summed E-state index contributed by atoms with van der Waals surface area (Å²) < 4.78 is 18.6. The molecule has 1 aromatic heterocycles. The van der Waals surface area contributed by atoms with E-state index in [1.54, 1.807) is 6.07 Å². The second-order valence-corrected chi connectivity index (χ2v) is 6.47. The van der Waals surface area contributed by atoms with Crippen molar-refractivity contribution in [1.29, 1.82) is 0 Å². The van der Waals surface area contributed by atoms with Crippen LogP contribution < -0.4 is 5.32 Å². The van der Waals surface area contributed by atoms with Crippen molar-refractivity contribution in [3.8, 4) is 11.4 Å². The van der Waals surface area contributed by atoms with Crippen molar-refractivity contribution < 1.29 is 18.6 Å². The van der Waals surface area contributed by atoms with Crippen LogP contribution in [0, 0.1) is 21.8 Å². The van der Waals surface area contributed by atoms with Gasteiger partial charge in [0, 0.05) is 23.3 Å². The highest BCUT2D eigenvalue weighted by molar-refractivity contribution is 5.94. The van der Waals surface area contributed by atoms with E-state index in [9.17, 15) is 19.3 Å². The molecule has 0 aliphatic carbocycles. The highest BCUT2D eigenvalue weighted by Crippen LogP contribution is 2.26. The predicted molar refractivity (Wildman–Crippen MR) is 97.8 cm³/mol. The topological polar surface area (TPSA) is 111 Å². The van der Waals surface area contributed by atoms with Crippen molar-refractivity contribution in [3.05, 3.63) is 75.9 Å². The molecule has 1 N–H and O–H groups in total. The summed E-state index contributed by atoms with van der Waals surface area (Å²) in [5.41, 5.74) is 0.496. The number of nitrogens with one attached hydrogen (secondary N) is 1. The van der Waals surface area contributed by atoms with Crippen molar-refractivity contribution in [3.63, 3.8) is 0 Å². The molecule has 0 saturated heterocycles. The highest BCUT2D eigenvalue weighted by Gasteiger charge is 2.25. The Morgan fingerprint density at radius 2 is 1.96 bits per heavy atom. The molecule has 144 valence electrons. The quantitative estimate of drug-likeness (QED) is 0.509. The molecule has 1 heterocycles. The fourth-order valence-corrected chi connectivity index (χ4v) is 2.61. The summed E-state index contributed by atoms with van der Waals surface area (Å²) in [6, 6.07) is 10.6. The minimum absolute atomic E-state index is 0.0938. The number of carbonyl (C=O) groups excluding carboxylic acids is 1. The van der Waals surface area contributed by atoms with Crippen molar-refractivity contribution in [2.75, 3.05) is 0 Å². The van der Waals surface area contributed by atoms with Crippen LogP contribution in [0.2, 0.25) is 0 Å². The number of carbonyl (C=O) groups is 1. The number of aromatic nitrogens is 2. The number of halogens is 1. The molecule has 0 unspecified atom stereocenters. The fraction of sp³-hybridized carbons (Fsp3) is 0.211. The van der Waals surface area contributed by atoms with Gasteiger partial charge in [-0.15, -0.1) is 0 Å². The van der Waals surface area contributed by atoms with E-state index in [1.807, 2.05) is 13.8 Å². The lowest BCUT2D eigenvalue weighted by Crippen LogP contribution is -2.32. The first-order valence-electron chi connectivity index (χ1n) is 8.50. The molecule has 1 atom stereocenters. The maximum atomic E-state index is 13.4. The third-order valence-corrected chi connectivity index (χ3v) is 4.06. The van der Waals surface area contributed by atoms with Gasteiger partial charge in [0.05, 0.1) is 4.92 Å². The second-order valence-electron chi connectivity index (χ2n) is 6.47. The Balaban J connectivity index is 1.85. The van der Waals surface area contributed by atoms with Gasteiger partial charge in [0.1, 0.15) is 11.9 Å². The van der Waals surface area contributed by atoms with E-state index in [1.165, 1.54) is 36.4 Å². The Labute approximate surface area is 159 Å². The van der Waals surface area contributed by atoms with Gasteiger partial charge >= 0.3 is 0 Å². The Bertz CT molecular complexity index is 1020. The van der Waals surface area contributed by atoms with Crippen LogP contribution in [0.25, 0.3) is 11.4 Å². The summed E-state index contributed by atoms with van der Waals surface area (Å²) >= 11 is 0. The van der Waals surface area contributed by atoms with E-state index in [0.29, 0.717) is 5.56 Å². The molecule has 1 amide bonds. The van der Waals surface area contributed by atoms with Crippen molar-refractivity contribution in [2.24, 2.45) is 5.92 Å². The number of nitro groups is 1. The van der Waals surface area contributed by atoms with Gasteiger partial charge in [-0.2, -0.15) is 4.98 Å². The van der Waals surface area contributed by atoms with Crippen LogP contribution in [0.4, 0.5) is 10.1 Å². The number of nitrogens with zero attached hydrogens (tertiary/aromatic N) is 3. The van der Waals surface area contributed by atoms with Crippen LogP contribution in [0.15, 0.2) is 53.1 Å². The van der Waals surface area contributed by atoms with Gasteiger partial charge in [0.2, 0.25) is 11.7 Å². The van der Waals surface area contributed by atoms with Crippen LogP contribution in [-0.4, -0.2) is 21.0 Å². The number of hydrogen-bond donors (Lipinski definition) is 1. The van der Waals surface area contributed by atoms with Crippen molar-refractivity contribution >= 4 is 11.6 Å². The number of nitro benzene ring substituents is 1. The van der Waals surface area contributed by atoms with Gasteiger partial charge in [-0.05, 0) is 24.1 Å². The zero-order valence-corrected chi connectivity index (χ0v) is 15.1. The average molecular weight is 384 g/mol. The fourth-order valence-electron chi connectivity index (χ4n) is 2.61. The summed E-state index contributed by atoms with van der Waals surface area (Å²) in [7, 11) is 0. The van der Waals surface area contributed by atoms with Gasteiger partial charge in [0.25, 0.3) is 11.6 Å². The first-order valence-corrected chi connectivity index (χ1v) is 8.50. The van der Waals surface area contributed by atoms with Gasteiger partial charge < -0.3 is 9.84 Å². The molecule has 9 heteroatoms.